The monoisotopic (exact) mass is 417 g/mol. The van der Waals surface area contributed by atoms with Crippen molar-refractivity contribution in [2.75, 3.05) is 6.61 Å². The Hall–Kier alpha value is -3.43. The lowest BCUT2D eigenvalue weighted by molar-refractivity contribution is -0.166. The normalized spacial score (nSPS) is 12.4. The summed E-state index contributed by atoms with van der Waals surface area (Å²) in [4.78, 5) is 37.0. The number of carbonyl (C=O) groups is 3. The van der Waals surface area contributed by atoms with Gasteiger partial charge in [0.2, 0.25) is 6.23 Å². The first kappa shape index (κ1) is 22.9. The van der Waals surface area contributed by atoms with Crippen molar-refractivity contribution in [2.24, 2.45) is 0 Å². The Morgan fingerprint density at radius 3 is 1.67 bits per heavy atom. The summed E-state index contributed by atoms with van der Waals surface area (Å²) in [5.74, 6) is -0.885. The maximum Gasteiger partial charge on any atom is 0.422 e. The van der Waals surface area contributed by atoms with Crippen molar-refractivity contribution in [3.05, 3.63) is 71.8 Å². The number of imide groups is 1. The number of ether oxygens (including phenoxy) is 3. The van der Waals surface area contributed by atoms with Gasteiger partial charge in [0.05, 0.1) is 6.61 Å². The van der Waals surface area contributed by atoms with E-state index in [0.29, 0.717) is 16.0 Å². The van der Waals surface area contributed by atoms with Crippen LogP contribution in [0.25, 0.3) is 0 Å². The first-order valence-corrected chi connectivity index (χ1v) is 9.09. The van der Waals surface area contributed by atoms with Crippen molar-refractivity contribution < 1.29 is 38.8 Å². The summed E-state index contributed by atoms with van der Waals surface area (Å²) >= 11 is 0. The van der Waals surface area contributed by atoms with Crippen molar-refractivity contribution in [3.63, 3.8) is 0 Å². The van der Waals surface area contributed by atoms with Crippen LogP contribution < -0.4 is 0 Å². The Kier molecular flexibility index (Phi) is 8.79. The number of aliphatic hydroxyl groups is 2. The molecule has 0 spiro atoms. The van der Waals surface area contributed by atoms with Gasteiger partial charge in [0.1, 0.15) is 19.3 Å². The van der Waals surface area contributed by atoms with Crippen molar-refractivity contribution in [1.82, 2.24) is 4.90 Å². The van der Waals surface area contributed by atoms with Crippen LogP contribution in [0.1, 0.15) is 18.1 Å². The van der Waals surface area contributed by atoms with Gasteiger partial charge in [-0.2, -0.15) is 4.90 Å². The molecule has 2 unspecified atom stereocenters. The average molecular weight is 417 g/mol. The van der Waals surface area contributed by atoms with Gasteiger partial charge in [0.25, 0.3) is 0 Å². The predicted molar refractivity (Wildman–Crippen MR) is 104 cm³/mol. The largest absolute Gasteiger partial charge is 0.444 e. The van der Waals surface area contributed by atoms with Gasteiger partial charge >= 0.3 is 18.2 Å². The molecule has 2 atom stereocenters. The molecule has 2 rings (SSSR count). The Labute approximate surface area is 173 Å². The van der Waals surface area contributed by atoms with E-state index in [2.05, 4.69) is 0 Å². The third kappa shape index (κ3) is 6.87. The Morgan fingerprint density at radius 1 is 0.867 bits per heavy atom. The number of carbonyl (C=O) groups excluding carboxylic acids is 3. The van der Waals surface area contributed by atoms with Crippen LogP contribution >= 0.6 is 0 Å². The van der Waals surface area contributed by atoms with Gasteiger partial charge in [-0.05, 0) is 11.1 Å². The first-order chi connectivity index (χ1) is 14.4. The fourth-order valence-corrected chi connectivity index (χ4v) is 2.42. The number of hydrogen-bond donors (Lipinski definition) is 2. The minimum atomic E-state index is -1.83. The van der Waals surface area contributed by atoms with Crippen molar-refractivity contribution >= 4 is 18.2 Å². The van der Waals surface area contributed by atoms with Crippen LogP contribution in [0.4, 0.5) is 9.59 Å². The summed E-state index contributed by atoms with van der Waals surface area (Å²) in [5.41, 5.74) is 1.30. The Bertz CT molecular complexity index is 772. The molecule has 0 aromatic heterocycles. The maximum absolute atomic E-state index is 12.6. The summed E-state index contributed by atoms with van der Waals surface area (Å²) in [6.07, 6.45) is -6.02. The number of rotatable bonds is 8. The van der Waals surface area contributed by atoms with Gasteiger partial charge in [-0.3, -0.25) is 4.79 Å². The van der Waals surface area contributed by atoms with E-state index < -0.39 is 37.1 Å². The molecule has 0 saturated heterocycles. The lowest BCUT2D eigenvalue weighted by Gasteiger charge is -2.30. The van der Waals surface area contributed by atoms with Gasteiger partial charge in [-0.15, -0.1) is 0 Å². The zero-order valence-electron chi connectivity index (χ0n) is 16.3. The SMILES string of the molecule is CC(=O)OC(C(O)CO)N(C(=O)OCc1ccccc1)C(=O)OCc1ccccc1. The van der Waals surface area contributed by atoms with Crippen molar-refractivity contribution in [3.8, 4) is 0 Å². The lowest BCUT2D eigenvalue weighted by atomic mass is 10.2. The lowest BCUT2D eigenvalue weighted by Crippen LogP contribution is -2.53. The molecule has 30 heavy (non-hydrogen) atoms. The van der Waals surface area contributed by atoms with Gasteiger partial charge in [0.15, 0.2) is 0 Å². The number of aliphatic hydroxyl groups excluding tert-OH is 2. The molecular weight excluding hydrogens is 394 g/mol. The summed E-state index contributed by atoms with van der Waals surface area (Å²) in [6.45, 7) is -0.208. The van der Waals surface area contributed by atoms with Crippen LogP contribution in [-0.2, 0) is 32.2 Å². The van der Waals surface area contributed by atoms with Gasteiger partial charge in [0, 0.05) is 6.92 Å². The average Bonchev–Trinajstić information content (AvgIpc) is 2.76. The molecule has 0 aliphatic carbocycles. The minimum absolute atomic E-state index is 0.176. The number of amides is 2. The van der Waals surface area contributed by atoms with E-state index in [1.807, 2.05) is 0 Å². The highest BCUT2D eigenvalue weighted by atomic mass is 16.6. The topological polar surface area (TPSA) is 123 Å². The Morgan fingerprint density at radius 2 is 1.30 bits per heavy atom. The van der Waals surface area contributed by atoms with Crippen LogP contribution in [0.2, 0.25) is 0 Å². The molecule has 2 aromatic rings. The van der Waals surface area contributed by atoms with E-state index in [4.69, 9.17) is 14.2 Å². The molecule has 2 N–H and O–H groups in total. The van der Waals surface area contributed by atoms with Crippen LogP contribution in [0.5, 0.6) is 0 Å². The maximum atomic E-state index is 12.6. The third-order valence-electron chi connectivity index (χ3n) is 3.86. The molecule has 2 amide bonds. The van der Waals surface area contributed by atoms with Crippen molar-refractivity contribution in [1.29, 1.82) is 0 Å². The molecule has 9 heteroatoms. The van der Waals surface area contributed by atoms with E-state index in [9.17, 15) is 24.6 Å². The van der Waals surface area contributed by atoms with Gasteiger partial charge in [-0.25, -0.2) is 9.59 Å². The van der Waals surface area contributed by atoms with E-state index in [0.717, 1.165) is 6.92 Å². The van der Waals surface area contributed by atoms with Crippen LogP contribution in [-0.4, -0.2) is 52.2 Å². The molecule has 9 nitrogen and oxygen atoms in total. The number of hydrogen-bond acceptors (Lipinski definition) is 8. The Balaban J connectivity index is 2.19. The second-order valence-corrected chi connectivity index (χ2v) is 6.20. The van der Waals surface area contributed by atoms with Crippen LogP contribution in [0, 0.1) is 0 Å². The van der Waals surface area contributed by atoms with Gasteiger partial charge < -0.3 is 24.4 Å². The van der Waals surface area contributed by atoms with Crippen LogP contribution in [0.3, 0.4) is 0 Å². The van der Waals surface area contributed by atoms with Gasteiger partial charge in [-0.1, -0.05) is 60.7 Å². The fourth-order valence-electron chi connectivity index (χ4n) is 2.42. The molecule has 0 radical (unpaired) electrons. The summed E-state index contributed by atoms with van der Waals surface area (Å²) in [5, 5.41) is 19.3. The minimum Gasteiger partial charge on any atom is -0.444 e. The highest BCUT2D eigenvalue weighted by molar-refractivity contribution is 5.88. The summed E-state index contributed by atoms with van der Waals surface area (Å²) in [7, 11) is 0. The molecule has 0 aliphatic heterocycles. The predicted octanol–water partition coefficient (Wildman–Crippen LogP) is 2.20. The fraction of sp³-hybridized carbons (Fsp3) is 0.286. The highest BCUT2D eigenvalue weighted by Crippen LogP contribution is 2.15. The molecule has 0 fully saturated rings. The molecule has 160 valence electrons. The summed E-state index contributed by atoms with van der Waals surface area (Å²) in [6, 6.07) is 17.4. The van der Waals surface area contributed by atoms with E-state index in [-0.39, 0.29) is 13.2 Å². The van der Waals surface area contributed by atoms with Crippen molar-refractivity contribution in [2.45, 2.75) is 32.5 Å². The smallest absolute Gasteiger partial charge is 0.422 e. The highest BCUT2D eigenvalue weighted by Gasteiger charge is 2.39. The molecule has 0 bridgehead atoms. The molecular formula is C21H23NO8. The van der Waals surface area contributed by atoms with E-state index in [1.165, 1.54) is 0 Å². The second-order valence-electron chi connectivity index (χ2n) is 6.20. The second kappa shape index (κ2) is 11.5. The first-order valence-electron chi connectivity index (χ1n) is 9.09. The number of benzene rings is 2. The quantitative estimate of drug-likeness (QED) is 0.381. The number of nitrogens with zero attached hydrogens (tertiary/aromatic N) is 1. The summed E-state index contributed by atoms with van der Waals surface area (Å²) < 4.78 is 15.1. The molecule has 0 saturated carbocycles. The number of esters is 1. The molecule has 0 aliphatic rings. The van der Waals surface area contributed by atoms with E-state index in [1.54, 1.807) is 60.7 Å². The van der Waals surface area contributed by atoms with E-state index >= 15 is 0 Å². The third-order valence-corrected chi connectivity index (χ3v) is 3.86. The standard InChI is InChI=1S/C21H23NO8/c1-15(24)30-19(18(25)12-23)22(20(26)28-13-16-8-4-2-5-9-16)21(27)29-14-17-10-6-3-7-11-17/h2-11,18-19,23,25H,12-14H2,1H3. The zero-order valence-corrected chi connectivity index (χ0v) is 16.3. The zero-order chi connectivity index (χ0) is 21.9. The molecule has 2 aromatic carbocycles. The molecule has 0 heterocycles. The van der Waals surface area contributed by atoms with Crippen LogP contribution in [0.15, 0.2) is 60.7 Å².